The number of nitrogens with zero attached hydrogens (tertiary/aromatic N) is 1. The predicted molar refractivity (Wildman–Crippen MR) is 75.0 cm³/mol. The van der Waals surface area contributed by atoms with Crippen molar-refractivity contribution in [1.82, 2.24) is 0 Å². The summed E-state index contributed by atoms with van der Waals surface area (Å²) >= 11 is 6.07. The minimum Gasteiger partial charge on any atom is -0.398 e. The van der Waals surface area contributed by atoms with Gasteiger partial charge in [-0.25, -0.2) is 0 Å². The number of para-hydroxylation sites is 2. The molecule has 0 unspecified atom stereocenters. The average molecular weight is 261 g/mol. The van der Waals surface area contributed by atoms with E-state index in [1.54, 1.807) is 43.4 Å². The first-order valence-electron chi connectivity index (χ1n) is 5.48. The maximum Gasteiger partial charge on any atom is 0.260 e. The Morgan fingerprint density at radius 2 is 1.72 bits per heavy atom. The van der Waals surface area contributed by atoms with Gasteiger partial charge in [-0.05, 0) is 24.3 Å². The van der Waals surface area contributed by atoms with Crippen LogP contribution in [0.3, 0.4) is 0 Å². The quantitative estimate of drug-likeness (QED) is 0.843. The molecule has 0 aromatic heterocycles. The first-order chi connectivity index (χ1) is 8.61. The number of rotatable bonds is 2. The van der Waals surface area contributed by atoms with E-state index in [0.29, 0.717) is 22.0 Å². The molecule has 4 heteroatoms. The van der Waals surface area contributed by atoms with Gasteiger partial charge < -0.3 is 10.6 Å². The largest absolute Gasteiger partial charge is 0.398 e. The standard InChI is InChI=1S/C14H13ClN2O/c1-17(13-9-5-3-7-11(13)15)14(18)10-6-2-4-8-12(10)16/h2-9H,16H2,1H3. The lowest BCUT2D eigenvalue weighted by molar-refractivity contribution is 0.0994. The second kappa shape index (κ2) is 5.10. The molecule has 0 saturated heterocycles. The molecule has 0 spiro atoms. The molecule has 1 amide bonds. The number of benzene rings is 2. The summed E-state index contributed by atoms with van der Waals surface area (Å²) in [5, 5.41) is 0.530. The number of halogens is 1. The van der Waals surface area contributed by atoms with E-state index >= 15 is 0 Å². The first-order valence-corrected chi connectivity index (χ1v) is 5.86. The maximum absolute atomic E-state index is 12.3. The zero-order valence-corrected chi connectivity index (χ0v) is 10.7. The molecule has 0 aliphatic rings. The van der Waals surface area contributed by atoms with Crippen molar-refractivity contribution in [3.05, 3.63) is 59.1 Å². The van der Waals surface area contributed by atoms with Crippen LogP contribution in [-0.2, 0) is 0 Å². The van der Waals surface area contributed by atoms with Crippen molar-refractivity contribution >= 4 is 28.9 Å². The van der Waals surface area contributed by atoms with Crippen molar-refractivity contribution < 1.29 is 4.79 Å². The third-order valence-electron chi connectivity index (χ3n) is 2.71. The Morgan fingerprint density at radius 1 is 1.11 bits per heavy atom. The molecule has 0 radical (unpaired) electrons. The monoisotopic (exact) mass is 260 g/mol. The van der Waals surface area contributed by atoms with Gasteiger partial charge in [0, 0.05) is 12.7 Å². The van der Waals surface area contributed by atoms with Gasteiger partial charge in [0.2, 0.25) is 0 Å². The third kappa shape index (κ3) is 2.31. The highest BCUT2D eigenvalue weighted by atomic mass is 35.5. The Kier molecular flexibility index (Phi) is 3.53. The SMILES string of the molecule is CN(C(=O)c1ccccc1N)c1ccccc1Cl. The number of amides is 1. The van der Waals surface area contributed by atoms with Crippen molar-refractivity contribution in [1.29, 1.82) is 0 Å². The summed E-state index contributed by atoms with van der Waals surface area (Å²) < 4.78 is 0. The number of nitrogen functional groups attached to an aromatic ring is 1. The van der Waals surface area contributed by atoms with Gasteiger partial charge >= 0.3 is 0 Å². The molecule has 3 nitrogen and oxygen atoms in total. The van der Waals surface area contributed by atoms with Crippen molar-refractivity contribution in [2.45, 2.75) is 0 Å². The Hall–Kier alpha value is -2.00. The summed E-state index contributed by atoms with van der Waals surface area (Å²) in [7, 11) is 1.68. The summed E-state index contributed by atoms with van der Waals surface area (Å²) in [5.74, 6) is -0.179. The van der Waals surface area contributed by atoms with Gasteiger partial charge in [0.15, 0.2) is 0 Å². The summed E-state index contributed by atoms with van der Waals surface area (Å²) in [6, 6.07) is 14.2. The van der Waals surface area contributed by atoms with Crippen LogP contribution in [0.1, 0.15) is 10.4 Å². The van der Waals surface area contributed by atoms with Crippen LogP contribution < -0.4 is 10.6 Å². The molecular formula is C14H13ClN2O. The van der Waals surface area contributed by atoms with E-state index < -0.39 is 0 Å². The smallest absolute Gasteiger partial charge is 0.260 e. The second-order valence-electron chi connectivity index (χ2n) is 3.90. The molecule has 0 heterocycles. The normalized spacial score (nSPS) is 10.1. The fraction of sp³-hybridized carbons (Fsp3) is 0.0714. The molecule has 18 heavy (non-hydrogen) atoms. The molecule has 2 aromatic rings. The topological polar surface area (TPSA) is 46.3 Å². The molecule has 2 N–H and O–H groups in total. The van der Waals surface area contributed by atoms with Crippen molar-refractivity contribution in [3.8, 4) is 0 Å². The molecule has 0 saturated carbocycles. The average Bonchev–Trinajstić information content (AvgIpc) is 2.38. The van der Waals surface area contributed by atoms with Crippen LogP contribution in [0, 0.1) is 0 Å². The van der Waals surface area contributed by atoms with Crippen LogP contribution in [0.25, 0.3) is 0 Å². The van der Waals surface area contributed by atoms with Crippen LogP contribution in [-0.4, -0.2) is 13.0 Å². The zero-order valence-electron chi connectivity index (χ0n) is 9.93. The Morgan fingerprint density at radius 3 is 2.39 bits per heavy atom. The summed E-state index contributed by atoms with van der Waals surface area (Å²) in [5.41, 5.74) is 7.39. The maximum atomic E-state index is 12.3. The first kappa shape index (κ1) is 12.5. The van der Waals surface area contributed by atoms with Crippen LogP contribution in [0.2, 0.25) is 5.02 Å². The van der Waals surface area contributed by atoms with Crippen molar-refractivity contribution in [3.63, 3.8) is 0 Å². The highest BCUT2D eigenvalue weighted by molar-refractivity contribution is 6.34. The lowest BCUT2D eigenvalue weighted by atomic mass is 10.1. The van der Waals surface area contributed by atoms with Crippen LogP contribution in [0.4, 0.5) is 11.4 Å². The van der Waals surface area contributed by atoms with E-state index in [0.717, 1.165) is 0 Å². The van der Waals surface area contributed by atoms with Crippen molar-refractivity contribution in [2.24, 2.45) is 0 Å². The van der Waals surface area contributed by atoms with Gasteiger partial charge in [0.25, 0.3) is 5.91 Å². The minimum atomic E-state index is -0.179. The molecular weight excluding hydrogens is 248 g/mol. The molecule has 0 fully saturated rings. The van der Waals surface area contributed by atoms with E-state index in [2.05, 4.69) is 0 Å². The zero-order chi connectivity index (χ0) is 13.1. The van der Waals surface area contributed by atoms with Gasteiger partial charge in [-0.15, -0.1) is 0 Å². The van der Waals surface area contributed by atoms with Gasteiger partial charge in [0.1, 0.15) is 0 Å². The van der Waals surface area contributed by atoms with Crippen LogP contribution in [0.15, 0.2) is 48.5 Å². The molecule has 92 valence electrons. The Balaban J connectivity index is 2.36. The van der Waals surface area contributed by atoms with Crippen molar-refractivity contribution in [2.75, 3.05) is 17.7 Å². The van der Waals surface area contributed by atoms with Gasteiger partial charge in [-0.2, -0.15) is 0 Å². The van der Waals surface area contributed by atoms with Crippen LogP contribution in [0.5, 0.6) is 0 Å². The summed E-state index contributed by atoms with van der Waals surface area (Å²) in [6.45, 7) is 0. The number of anilines is 2. The van der Waals surface area contributed by atoms with E-state index in [1.807, 2.05) is 12.1 Å². The molecule has 2 rings (SSSR count). The molecule has 0 atom stereocenters. The number of nitrogens with two attached hydrogens (primary N) is 1. The number of hydrogen-bond donors (Lipinski definition) is 1. The minimum absolute atomic E-state index is 0.179. The van der Waals surface area contributed by atoms with E-state index in [4.69, 9.17) is 17.3 Å². The van der Waals surface area contributed by atoms with E-state index in [1.165, 1.54) is 4.90 Å². The lowest BCUT2D eigenvalue weighted by Crippen LogP contribution is -2.27. The Bertz CT molecular complexity index is 584. The van der Waals surface area contributed by atoms with E-state index in [-0.39, 0.29) is 5.91 Å². The fourth-order valence-electron chi connectivity index (χ4n) is 1.71. The Labute approximate surface area is 111 Å². The number of carbonyl (C=O) groups excluding carboxylic acids is 1. The second-order valence-corrected chi connectivity index (χ2v) is 4.31. The summed E-state index contributed by atoms with van der Waals surface area (Å²) in [6.07, 6.45) is 0. The van der Waals surface area contributed by atoms with Gasteiger partial charge in [0.05, 0.1) is 16.3 Å². The highest BCUT2D eigenvalue weighted by Gasteiger charge is 2.17. The van der Waals surface area contributed by atoms with Crippen LogP contribution >= 0.6 is 11.6 Å². The predicted octanol–water partition coefficient (Wildman–Crippen LogP) is 3.20. The fourth-order valence-corrected chi connectivity index (χ4v) is 1.97. The lowest BCUT2D eigenvalue weighted by Gasteiger charge is -2.19. The number of carbonyl (C=O) groups is 1. The molecule has 0 aliphatic heterocycles. The number of hydrogen-bond acceptors (Lipinski definition) is 2. The van der Waals surface area contributed by atoms with Gasteiger partial charge in [-0.1, -0.05) is 35.9 Å². The summed E-state index contributed by atoms with van der Waals surface area (Å²) in [4.78, 5) is 13.8. The highest BCUT2D eigenvalue weighted by Crippen LogP contribution is 2.26. The third-order valence-corrected chi connectivity index (χ3v) is 3.03. The molecule has 2 aromatic carbocycles. The molecule has 0 aliphatic carbocycles. The molecule has 0 bridgehead atoms. The van der Waals surface area contributed by atoms with Gasteiger partial charge in [-0.3, -0.25) is 4.79 Å². The van der Waals surface area contributed by atoms with E-state index in [9.17, 15) is 4.79 Å².